The zero-order valence-electron chi connectivity index (χ0n) is 19.6. The Labute approximate surface area is 201 Å². The molecule has 2 aliphatic heterocycles. The summed E-state index contributed by atoms with van der Waals surface area (Å²) in [4.78, 5) is 18.7. The van der Waals surface area contributed by atoms with Crippen molar-refractivity contribution >= 4 is 23.3 Å². The molecule has 0 N–H and O–H groups in total. The summed E-state index contributed by atoms with van der Waals surface area (Å²) in [6.07, 6.45) is 1.67. The molecule has 1 unspecified atom stereocenters. The van der Waals surface area contributed by atoms with Gasteiger partial charge in [0.1, 0.15) is 6.29 Å². The number of aryl methyl sites for hydroxylation is 1. The van der Waals surface area contributed by atoms with Crippen LogP contribution in [0.5, 0.6) is 0 Å². The number of carbonyl (C=O) groups is 1. The maximum atomic E-state index is 13.0. The van der Waals surface area contributed by atoms with Gasteiger partial charge in [0, 0.05) is 30.1 Å². The molecule has 186 valence electrons. The van der Waals surface area contributed by atoms with Crippen molar-refractivity contribution in [3.05, 3.63) is 33.5 Å². The number of aldehydes is 1. The van der Waals surface area contributed by atoms with E-state index in [4.69, 9.17) is 10.1 Å². The van der Waals surface area contributed by atoms with Crippen LogP contribution >= 0.6 is 11.3 Å². The number of thiazole rings is 1. The molecule has 0 saturated carbocycles. The van der Waals surface area contributed by atoms with Crippen LogP contribution in [0.3, 0.4) is 0 Å². The fourth-order valence-corrected chi connectivity index (χ4v) is 5.65. The summed E-state index contributed by atoms with van der Waals surface area (Å²) in [6, 6.07) is 0.511. The lowest BCUT2D eigenvalue weighted by molar-refractivity contribution is -0.141. The van der Waals surface area contributed by atoms with Gasteiger partial charge in [-0.3, -0.25) is 14.6 Å². The molecule has 2 aromatic rings. The maximum Gasteiger partial charge on any atom is 0.435 e. The quantitative estimate of drug-likeness (QED) is 0.422. The van der Waals surface area contributed by atoms with Gasteiger partial charge in [-0.25, -0.2) is 4.98 Å². The highest BCUT2D eigenvalue weighted by Gasteiger charge is 2.35. The number of nitrogens with zero attached hydrogens (tertiary/aromatic N) is 6. The van der Waals surface area contributed by atoms with E-state index in [1.165, 1.54) is 23.9 Å². The number of halogens is 3. The molecule has 0 amide bonds. The Morgan fingerprint density at radius 3 is 2.56 bits per heavy atom. The highest BCUT2D eigenvalue weighted by Crippen LogP contribution is 2.32. The van der Waals surface area contributed by atoms with E-state index in [-0.39, 0.29) is 6.54 Å². The number of likely N-dealkylation sites (tertiary alicyclic amines) is 1. The van der Waals surface area contributed by atoms with Gasteiger partial charge in [0.2, 0.25) is 0 Å². The van der Waals surface area contributed by atoms with Crippen molar-refractivity contribution in [2.45, 2.75) is 70.6 Å². The largest absolute Gasteiger partial charge is 0.435 e. The number of aromatic nitrogens is 3. The molecular weight excluding hydrogens is 465 g/mol. The van der Waals surface area contributed by atoms with Crippen molar-refractivity contribution in [1.82, 2.24) is 24.7 Å². The molecule has 2 saturated heterocycles. The van der Waals surface area contributed by atoms with Crippen LogP contribution in [0.1, 0.15) is 67.0 Å². The van der Waals surface area contributed by atoms with E-state index in [0.717, 1.165) is 54.7 Å². The third-order valence-electron chi connectivity index (χ3n) is 6.65. The van der Waals surface area contributed by atoms with Crippen molar-refractivity contribution in [2.75, 3.05) is 26.2 Å². The molecule has 4 heterocycles. The summed E-state index contributed by atoms with van der Waals surface area (Å²) in [5.41, 5.74) is 1.34. The molecule has 0 radical (unpaired) electrons. The molecule has 0 aliphatic carbocycles. The van der Waals surface area contributed by atoms with Crippen molar-refractivity contribution in [1.29, 1.82) is 0 Å². The fraction of sp³-hybridized carbons (Fsp3) is 0.652. The Bertz CT molecular complexity index is 1000. The lowest BCUT2D eigenvalue weighted by Crippen LogP contribution is -2.44. The molecule has 2 fully saturated rings. The van der Waals surface area contributed by atoms with Crippen LogP contribution in [-0.2, 0) is 17.5 Å². The van der Waals surface area contributed by atoms with Crippen LogP contribution in [0.4, 0.5) is 13.2 Å². The van der Waals surface area contributed by atoms with Crippen molar-refractivity contribution in [3.8, 4) is 0 Å². The predicted molar refractivity (Wildman–Crippen MR) is 125 cm³/mol. The maximum absolute atomic E-state index is 13.0. The molecular formula is C23H31F3N6OS. The molecule has 0 spiro atoms. The van der Waals surface area contributed by atoms with Crippen molar-refractivity contribution in [2.24, 2.45) is 5.10 Å². The van der Waals surface area contributed by atoms with Gasteiger partial charge >= 0.3 is 6.18 Å². The van der Waals surface area contributed by atoms with Crippen molar-refractivity contribution in [3.63, 3.8) is 0 Å². The lowest BCUT2D eigenvalue weighted by Gasteiger charge is -2.34. The Morgan fingerprint density at radius 1 is 1.24 bits per heavy atom. The minimum atomic E-state index is -4.49. The monoisotopic (exact) mass is 496 g/mol. The summed E-state index contributed by atoms with van der Waals surface area (Å²) in [7, 11) is 0. The minimum Gasteiger partial charge on any atom is -0.302 e. The van der Waals surface area contributed by atoms with Gasteiger partial charge in [-0.15, -0.1) is 11.3 Å². The number of hydrogen-bond donors (Lipinski definition) is 0. The standard InChI is InChI=1S/C23H31F3N6OS/c1-16-12-21(23(24,25)26)29-32(16)13-19(14-33)30-10-6-18(7-11-30)22-27-20(15-34-22)17(2)28-31-8-4-3-5-9-31/h12,14-15,18-19H,3-11,13H2,1-2H3. The topological polar surface area (TPSA) is 66.6 Å². The first-order chi connectivity index (χ1) is 16.2. The molecule has 2 aliphatic rings. The Hall–Kier alpha value is -2.27. The third-order valence-corrected chi connectivity index (χ3v) is 7.66. The highest BCUT2D eigenvalue weighted by molar-refractivity contribution is 7.09. The molecule has 2 aromatic heterocycles. The molecule has 34 heavy (non-hydrogen) atoms. The van der Waals surface area contributed by atoms with Crippen LogP contribution in [-0.4, -0.2) is 68.9 Å². The second-order valence-electron chi connectivity index (χ2n) is 9.14. The van der Waals surface area contributed by atoms with Gasteiger partial charge in [0.05, 0.1) is 29.0 Å². The van der Waals surface area contributed by atoms with Gasteiger partial charge in [0.25, 0.3) is 0 Å². The van der Waals surface area contributed by atoms with Crippen LogP contribution < -0.4 is 0 Å². The zero-order valence-corrected chi connectivity index (χ0v) is 20.4. The van der Waals surface area contributed by atoms with Gasteiger partial charge in [-0.2, -0.15) is 23.4 Å². The molecule has 0 aromatic carbocycles. The summed E-state index contributed by atoms with van der Waals surface area (Å²) in [5.74, 6) is 0.313. The van der Waals surface area contributed by atoms with Gasteiger partial charge in [0.15, 0.2) is 5.69 Å². The van der Waals surface area contributed by atoms with Crippen LogP contribution in [0, 0.1) is 6.92 Å². The second kappa shape index (κ2) is 10.6. The summed E-state index contributed by atoms with van der Waals surface area (Å²) in [5, 5.41) is 13.7. The van der Waals surface area contributed by atoms with Crippen LogP contribution in [0.2, 0.25) is 0 Å². The third kappa shape index (κ3) is 5.86. The number of carbonyl (C=O) groups excluding carboxylic acids is 1. The number of hydrogen-bond acceptors (Lipinski definition) is 7. The van der Waals surface area contributed by atoms with E-state index in [2.05, 4.69) is 15.5 Å². The molecule has 7 nitrogen and oxygen atoms in total. The average molecular weight is 497 g/mol. The second-order valence-corrected chi connectivity index (χ2v) is 10.0. The SMILES string of the molecule is CC(=NN1CCCCC1)c1csc(C2CCN(C(C=O)Cn3nc(C(F)(F)F)cc3C)CC2)n1. The van der Waals surface area contributed by atoms with E-state index in [0.29, 0.717) is 24.7 Å². The van der Waals surface area contributed by atoms with Crippen LogP contribution in [0.25, 0.3) is 0 Å². The molecule has 4 rings (SSSR count). The van der Waals surface area contributed by atoms with Gasteiger partial charge in [-0.05, 0) is 65.1 Å². The molecule has 0 bridgehead atoms. The van der Waals surface area contributed by atoms with Crippen molar-refractivity contribution < 1.29 is 18.0 Å². The minimum absolute atomic E-state index is 0.115. The molecule has 1 atom stereocenters. The van der Waals surface area contributed by atoms with E-state index in [1.807, 2.05) is 11.8 Å². The van der Waals surface area contributed by atoms with Gasteiger partial charge < -0.3 is 4.79 Å². The number of alkyl halides is 3. The normalized spacial score (nSPS) is 20.0. The van der Waals surface area contributed by atoms with Crippen LogP contribution in [0.15, 0.2) is 16.5 Å². The Kier molecular flexibility index (Phi) is 7.71. The first-order valence-corrected chi connectivity index (χ1v) is 12.7. The molecule has 11 heteroatoms. The Morgan fingerprint density at radius 2 is 1.94 bits per heavy atom. The van der Waals surface area contributed by atoms with E-state index >= 15 is 0 Å². The van der Waals surface area contributed by atoms with E-state index in [9.17, 15) is 18.0 Å². The predicted octanol–water partition coefficient (Wildman–Crippen LogP) is 4.32. The highest BCUT2D eigenvalue weighted by atomic mass is 32.1. The van der Waals surface area contributed by atoms with E-state index < -0.39 is 17.9 Å². The first kappa shape index (κ1) is 24.8. The summed E-state index contributed by atoms with van der Waals surface area (Å²) >= 11 is 1.65. The lowest BCUT2D eigenvalue weighted by atomic mass is 9.96. The van der Waals surface area contributed by atoms with Gasteiger partial charge in [-0.1, -0.05) is 0 Å². The number of rotatable bonds is 7. The Balaban J connectivity index is 1.34. The summed E-state index contributed by atoms with van der Waals surface area (Å²) in [6.45, 7) is 7.08. The first-order valence-electron chi connectivity index (χ1n) is 11.8. The number of piperidine rings is 2. The summed E-state index contributed by atoms with van der Waals surface area (Å²) < 4.78 is 40.2. The smallest absolute Gasteiger partial charge is 0.302 e. The fourth-order valence-electron chi connectivity index (χ4n) is 4.62. The average Bonchev–Trinajstić information content (AvgIpc) is 3.45. The number of hydrazone groups is 1. The van der Waals surface area contributed by atoms with E-state index in [1.54, 1.807) is 18.3 Å². The zero-order chi connectivity index (χ0) is 24.3.